The zero-order valence-corrected chi connectivity index (χ0v) is 17.5. The lowest BCUT2D eigenvalue weighted by Gasteiger charge is -2.12. The first-order valence-electron chi connectivity index (χ1n) is 8.87. The molecule has 5 nitrogen and oxygen atoms in total. The molecule has 29 heavy (non-hydrogen) atoms. The van der Waals surface area contributed by atoms with Crippen LogP contribution in [-0.2, 0) is 21.2 Å². The molecule has 152 valence electrons. The molecule has 1 heterocycles. The lowest BCUT2D eigenvalue weighted by atomic mass is 10.0. The van der Waals surface area contributed by atoms with Crippen LogP contribution >= 0.6 is 11.3 Å². The largest absolute Gasteiger partial charge is 0.481 e. The van der Waals surface area contributed by atoms with Gasteiger partial charge in [0.05, 0.1) is 22.2 Å². The third-order valence-corrected chi connectivity index (χ3v) is 7.09. The normalized spacial score (nSPS) is 11.6. The summed E-state index contributed by atoms with van der Waals surface area (Å²) in [5, 5.41) is 10.1. The van der Waals surface area contributed by atoms with E-state index in [0.717, 1.165) is 10.4 Å². The summed E-state index contributed by atoms with van der Waals surface area (Å²) < 4.78 is 41.4. The maximum Gasteiger partial charge on any atom is 0.307 e. The van der Waals surface area contributed by atoms with Gasteiger partial charge in [0, 0.05) is 5.56 Å². The van der Waals surface area contributed by atoms with Crippen LogP contribution in [0.15, 0.2) is 53.9 Å². The standard InChI is InChI=1S/C21H20FNO4S2/c1-13(2)29(26,27)23-19-9-10-28-21(19)16-6-4-15(5-7-16)17-8-3-14(11-18(17)22)12-20(24)25/h3-11,13,23H,12H2,1-2H3,(H,24,25). The minimum Gasteiger partial charge on any atom is -0.481 e. The summed E-state index contributed by atoms with van der Waals surface area (Å²) >= 11 is 1.41. The number of sulfonamides is 1. The summed E-state index contributed by atoms with van der Waals surface area (Å²) in [7, 11) is -3.46. The second kappa shape index (κ2) is 8.34. The highest BCUT2D eigenvalue weighted by Gasteiger charge is 2.18. The van der Waals surface area contributed by atoms with E-state index in [4.69, 9.17) is 5.11 Å². The molecule has 2 aromatic carbocycles. The minimum absolute atomic E-state index is 0.233. The maximum absolute atomic E-state index is 14.4. The van der Waals surface area contributed by atoms with Crippen LogP contribution < -0.4 is 4.72 Å². The van der Waals surface area contributed by atoms with Gasteiger partial charge in [0.2, 0.25) is 10.0 Å². The summed E-state index contributed by atoms with van der Waals surface area (Å²) in [5.41, 5.74) is 2.75. The van der Waals surface area contributed by atoms with Crippen LogP contribution in [0, 0.1) is 5.82 Å². The highest BCUT2D eigenvalue weighted by Crippen LogP contribution is 2.36. The van der Waals surface area contributed by atoms with E-state index in [-0.39, 0.29) is 6.42 Å². The summed E-state index contributed by atoms with van der Waals surface area (Å²) in [5.74, 6) is -1.50. The molecule has 0 aliphatic rings. The number of carboxylic acids is 1. The number of aliphatic carboxylic acids is 1. The Morgan fingerprint density at radius 1 is 1.10 bits per heavy atom. The first-order valence-corrected chi connectivity index (χ1v) is 11.3. The number of nitrogens with one attached hydrogen (secondary N) is 1. The van der Waals surface area contributed by atoms with E-state index in [2.05, 4.69) is 4.72 Å². The van der Waals surface area contributed by atoms with Gasteiger partial charge in [0.1, 0.15) is 5.82 Å². The Morgan fingerprint density at radius 2 is 1.76 bits per heavy atom. The molecular formula is C21H20FNO4S2. The fraction of sp³-hybridized carbons (Fsp3) is 0.190. The van der Waals surface area contributed by atoms with Gasteiger partial charge >= 0.3 is 5.97 Å². The van der Waals surface area contributed by atoms with Gasteiger partial charge < -0.3 is 5.11 Å². The van der Waals surface area contributed by atoms with Gasteiger partial charge in [-0.2, -0.15) is 0 Å². The molecule has 0 unspecified atom stereocenters. The molecule has 0 amide bonds. The Balaban J connectivity index is 1.87. The van der Waals surface area contributed by atoms with Crippen molar-refractivity contribution in [3.63, 3.8) is 0 Å². The Bertz CT molecular complexity index is 1140. The van der Waals surface area contributed by atoms with E-state index in [9.17, 15) is 17.6 Å². The van der Waals surface area contributed by atoms with Crippen molar-refractivity contribution < 1.29 is 22.7 Å². The van der Waals surface area contributed by atoms with Crippen LogP contribution in [0.25, 0.3) is 21.6 Å². The SMILES string of the molecule is CC(C)S(=O)(=O)Nc1ccsc1-c1ccc(-c2ccc(CC(=O)O)cc2F)cc1. The molecule has 0 aliphatic heterocycles. The maximum atomic E-state index is 14.4. The second-order valence-electron chi connectivity index (χ2n) is 6.82. The van der Waals surface area contributed by atoms with E-state index in [0.29, 0.717) is 22.4 Å². The molecule has 3 aromatic rings. The molecular weight excluding hydrogens is 413 g/mol. The van der Waals surface area contributed by atoms with E-state index < -0.39 is 27.1 Å². The smallest absolute Gasteiger partial charge is 0.307 e. The number of halogens is 1. The summed E-state index contributed by atoms with van der Waals surface area (Å²) in [6.07, 6.45) is -0.233. The number of carbonyl (C=O) groups is 1. The molecule has 0 atom stereocenters. The van der Waals surface area contributed by atoms with Gasteiger partial charge in [-0.25, -0.2) is 12.8 Å². The van der Waals surface area contributed by atoms with Crippen LogP contribution in [0.4, 0.5) is 10.1 Å². The number of anilines is 1. The van der Waals surface area contributed by atoms with Crippen molar-refractivity contribution in [3.05, 3.63) is 65.3 Å². The highest BCUT2D eigenvalue weighted by atomic mass is 32.2. The number of rotatable bonds is 7. The van der Waals surface area contributed by atoms with Gasteiger partial charge in [-0.15, -0.1) is 11.3 Å². The molecule has 3 rings (SSSR count). The molecule has 0 bridgehead atoms. The second-order valence-corrected chi connectivity index (χ2v) is 9.97. The van der Waals surface area contributed by atoms with Crippen LogP contribution in [0.1, 0.15) is 19.4 Å². The molecule has 0 fully saturated rings. The minimum atomic E-state index is -3.46. The lowest BCUT2D eigenvalue weighted by Crippen LogP contribution is -2.22. The average molecular weight is 434 g/mol. The third kappa shape index (κ3) is 4.83. The molecule has 2 N–H and O–H groups in total. The van der Waals surface area contributed by atoms with Gasteiger partial charge in [-0.3, -0.25) is 9.52 Å². The van der Waals surface area contributed by atoms with Crippen molar-refractivity contribution in [2.45, 2.75) is 25.5 Å². The van der Waals surface area contributed by atoms with E-state index in [1.54, 1.807) is 56.3 Å². The number of benzene rings is 2. The highest BCUT2D eigenvalue weighted by molar-refractivity contribution is 7.93. The Labute approximate surface area is 172 Å². The van der Waals surface area contributed by atoms with Crippen molar-refractivity contribution >= 4 is 33.0 Å². The van der Waals surface area contributed by atoms with Gasteiger partial charge in [0.25, 0.3) is 0 Å². The lowest BCUT2D eigenvalue weighted by molar-refractivity contribution is -0.136. The molecule has 0 saturated heterocycles. The summed E-state index contributed by atoms with van der Waals surface area (Å²) in [4.78, 5) is 11.5. The molecule has 0 radical (unpaired) electrons. The molecule has 0 spiro atoms. The van der Waals surface area contributed by atoms with E-state index >= 15 is 0 Å². The number of thiophene rings is 1. The Kier molecular flexibility index (Phi) is 6.04. The Hall–Kier alpha value is -2.71. The first-order chi connectivity index (χ1) is 13.7. The third-order valence-electron chi connectivity index (χ3n) is 4.38. The van der Waals surface area contributed by atoms with Crippen LogP contribution in [0.5, 0.6) is 0 Å². The van der Waals surface area contributed by atoms with Crippen LogP contribution in [-0.4, -0.2) is 24.7 Å². The number of hydrogen-bond acceptors (Lipinski definition) is 4. The fourth-order valence-corrected chi connectivity index (χ4v) is 4.40. The average Bonchev–Trinajstić information content (AvgIpc) is 3.09. The van der Waals surface area contributed by atoms with Crippen molar-refractivity contribution in [3.8, 4) is 21.6 Å². The van der Waals surface area contributed by atoms with Gasteiger partial charge in [-0.05, 0) is 48.1 Å². The molecule has 0 aliphatic carbocycles. The van der Waals surface area contributed by atoms with E-state index in [1.807, 2.05) is 5.38 Å². The molecule has 0 saturated carbocycles. The van der Waals surface area contributed by atoms with Crippen molar-refractivity contribution in [2.24, 2.45) is 0 Å². The predicted molar refractivity (Wildman–Crippen MR) is 114 cm³/mol. The summed E-state index contributed by atoms with van der Waals surface area (Å²) in [6, 6.07) is 13.2. The number of hydrogen-bond donors (Lipinski definition) is 2. The first kappa shape index (κ1) is 21.0. The van der Waals surface area contributed by atoms with Gasteiger partial charge in [-0.1, -0.05) is 36.4 Å². The zero-order valence-electron chi connectivity index (χ0n) is 15.8. The molecule has 1 aromatic heterocycles. The van der Waals surface area contributed by atoms with Crippen molar-refractivity contribution in [1.82, 2.24) is 0 Å². The zero-order chi connectivity index (χ0) is 21.2. The topological polar surface area (TPSA) is 83.5 Å². The Morgan fingerprint density at radius 3 is 2.34 bits per heavy atom. The summed E-state index contributed by atoms with van der Waals surface area (Å²) in [6.45, 7) is 3.22. The van der Waals surface area contributed by atoms with Crippen LogP contribution in [0.2, 0.25) is 0 Å². The van der Waals surface area contributed by atoms with E-state index in [1.165, 1.54) is 17.4 Å². The monoisotopic (exact) mass is 433 g/mol. The van der Waals surface area contributed by atoms with Crippen LogP contribution in [0.3, 0.4) is 0 Å². The van der Waals surface area contributed by atoms with Gasteiger partial charge in [0.15, 0.2) is 0 Å². The fourth-order valence-electron chi connectivity index (χ4n) is 2.76. The van der Waals surface area contributed by atoms with Crippen molar-refractivity contribution in [2.75, 3.05) is 4.72 Å². The quantitative estimate of drug-likeness (QED) is 0.549. The number of carboxylic acid groups (broad SMARTS) is 1. The predicted octanol–water partition coefficient (Wildman–Crippen LogP) is 5.00. The molecule has 8 heteroatoms. The van der Waals surface area contributed by atoms with Crippen molar-refractivity contribution in [1.29, 1.82) is 0 Å².